The molecule has 0 heterocycles. The molecule has 0 fully saturated rings. The van der Waals surface area contributed by atoms with Crippen LogP contribution in [0.3, 0.4) is 0 Å². The Kier molecular flexibility index (Phi) is 3.96. The van der Waals surface area contributed by atoms with Gasteiger partial charge in [-0.1, -0.05) is 12.1 Å². The van der Waals surface area contributed by atoms with Gasteiger partial charge in [-0.25, -0.2) is 13.1 Å². The number of sulfonamides is 1. The minimum absolute atomic E-state index is 0.101. The quantitative estimate of drug-likeness (QED) is 0.796. The predicted molar refractivity (Wildman–Crippen MR) is 59.3 cm³/mol. The number of phenolic OH excluding ortho intramolecular Hbond substituents is 1. The van der Waals surface area contributed by atoms with Crippen LogP contribution in [0.15, 0.2) is 24.3 Å². The molecule has 6 heteroatoms. The first kappa shape index (κ1) is 12.3. The third-order valence-electron chi connectivity index (χ3n) is 1.87. The maximum absolute atomic E-state index is 11.2. The van der Waals surface area contributed by atoms with E-state index in [1.165, 1.54) is 12.1 Å². The molecule has 1 atom stereocenters. The molecule has 0 aliphatic rings. The molecule has 0 saturated carbocycles. The largest absolute Gasteiger partial charge is 0.508 e. The Balaban J connectivity index is 2.82. The van der Waals surface area contributed by atoms with Crippen LogP contribution in [0.1, 0.15) is 18.5 Å². The highest BCUT2D eigenvalue weighted by Gasteiger charge is 2.14. The normalized spacial score (nSPS) is 13.7. The molecule has 0 amide bonds. The summed E-state index contributed by atoms with van der Waals surface area (Å²) < 4.78 is 24.7. The van der Waals surface area contributed by atoms with Crippen LogP contribution >= 0.6 is 11.6 Å². The summed E-state index contributed by atoms with van der Waals surface area (Å²) in [5.74, 6) is 0.101. The van der Waals surface area contributed by atoms with Crippen LogP contribution in [0.2, 0.25) is 0 Å². The lowest BCUT2D eigenvalue weighted by molar-refractivity contribution is 0.473. The lowest BCUT2D eigenvalue weighted by Crippen LogP contribution is -2.27. The first-order chi connectivity index (χ1) is 6.94. The maximum Gasteiger partial charge on any atom is 0.226 e. The Bertz CT molecular complexity index is 433. The smallest absolute Gasteiger partial charge is 0.226 e. The Morgan fingerprint density at radius 3 is 2.73 bits per heavy atom. The molecule has 1 aromatic rings. The Morgan fingerprint density at radius 1 is 1.53 bits per heavy atom. The van der Waals surface area contributed by atoms with E-state index in [-0.39, 0.29) is 5.75 Å². The van der Waals surface area contributed by atoms with Crippen LogP contribution in [-0.2, 0) is 10.0 Å². The van der Waals surface area contributed by atoms with Gasteiger partial charge in [-0.05, 0) is 24.6 Å². The predicted octanol–water partition coefficient (Wildman–Crippen LogP) is 1.57. The average molecular weight is 250 g/mol. The van der Waals surface area contributed by atoms with E-state index < -0.39 is 21.3 Å². The highest BCUT2D eigenvalue weighted by atomic mass is 35.5. The first-order valence-electron chi connectivity index (χ1n) is 4.29. The molecule has 0 saturated heterocycles. The van der Waals surface area contributed by atoms with Crippen molar-refractivity contribution in [3.8, 4) is 5.75 Å². The SMILES string of the molecule is CC(NS(=O)(=O)CCl)c1cccc(O)c1. The second-order valence-corrected chi connectivity index (χ2v) is 5.50. The van der Waals surface area contributed by atoms with Crippen LogP contribution in [0.4, 0.5) is 0 Å². The van der Waals surface area contributed by atoms with Gasteiger partial charge in [0.05, 0.1) is 0 Å². The standard InChI is InChI=1S/C9H12ClNO3S/c1-7(11-15(13,14)6-10)8-3-2-4-9(12)5-8/h2-5,7,11-12H,6H2,1H3. The van der Waals surface area contributed by atoms with E-state index in [1.807, 2.05) is 0 Å². The van der Waals surface area contributed by atoms with Crippen molar-refractivity contribution in [1.29, 1.82) is 0 Å². The number of benzene rings is 1. The lowest BCUT2D eigenvalue weighted by atomic mass is 10.1. The fourth-order valence-corrected chi connectivity index (χ4v) is 2.09. The first-order valence-corrected chi connectivity index (χ1v) is 6.48. The van der Waals surface area contributed by atoms with Gasteiger partial charge in [-0.3, -0.25) is 0 Å². The molecular formula is C9H12ClNO3S. The number of aromatic hydroxyl groups is 1. The highest BCUT2D eigenvalue weighted by molar-refractivity contribution is 7.90. The second-order valence-electron chi connectivity index (χ2n) is 3.16. The van der Waals surface area contributed by atoms with Gasteiger partial charge in [0.25, 0.3) is 0 Å². The number of hydrogen-bond acceptors (Lipinski definition) is 3. The number of rotatable bonds is 4. The fourth-order valence-electron chi connectivity index (χ4n) is 1.16. The van der Waals surface area contributed by atoms with Crippen LogP contribution in [0, 0.1) is 0 Å². The molecule has 15 heavy (non-hydrogen) atoms. The molecule has 0 spiro atoms. The highest BCUT2D eigenvalue weighted by Crippen LogP contribution is 2.18. The average Bonchev–Trinajstić information content (AvgIpc) is 2.17. The number of hydrogen-bond donors (Lipinski definition) is 2. The van der Waals surface area contributed by atoms with Gasteiger partial charge >= 0.3 is 0 Å². The summed E-state index contributed by atoms with van der Waals surface area (Å²) in [6.07, 6.45) is 0. The molecule has 0 aromatic heterocycles. The molecule has 0 aliphatic carbocycles. The summed E-state index contributed by atoms with van der Waals surface area (Å²) in [5, 5.41) is 8.74. The van der Waals surface area contributed by atoms with Crippen LogP contribution in [0.5, 0.6) is 5.75 Å². The van der Waals surface area contributed by atoms with Gasteiger partial charge in [0, 0.05) is 6.04 Å². The molecule has 1 aromatic carbocycles. The topological polar surface area (TPSA) is 66.4 Å². The molecular weight excluding hydrogens is 238 g/mol. The third kappa shape index (κ3) is 3.70. The van der Waals surface area contributed by atoms with Crippen molar-refractivity contribution in [1.82, 2.24) is 4.72 Å². The minimum Gasteiger partial charge on any atom is -0.508 e. The van der Waals surface area contributed by atoms with E-state index in [1.54, 1.807) is 19.1 Å². The van der Waals surface area contributed by atoms with E-state index in [2.05, 4.69) is 4.72 Å². The number of halogens is 1. The van der Waals surface area contributed by atoms with Gasteiger partial charge in [0.15, 0.2) is 0 Å². The summed E-state index contributed by atoms with van der Waals surface area (Å²) in [6.45, 7) is 1.68. The number of alkyl halides is 1. The fraction of sp³-hybridized carbons (Fsp3) is 0.333. The second kappa shape index (κ2) is 4.83. The van der Waals surface area contributed by atoms with E-state index in [9.17, 15) is 13.5 Å². The summed E-state index contributed by atoms with van der Waals surface area (Å²) in [7, 11) is -3.45. The molecule has 1 unspecified atom stereocenters. The van der Waals surface area contributed by atoms with Crippen LogP contribution < -0.4 is 4.72 Å². The summed E-state index contributed by atoms with van der Waals surface area (Å²) in [4.78, 5) is 0. The van der Waals surface area contributed by atoms with Gasteiger partial charge in [0.1, 0.15) is 11.0 Å². The molecule has 2 N–H and O–H groups in total. The van der Waals surface area contributed by atoms with Crippen LogP contribution in [-0.4, -0.2) is 18.7 Å². The number of nitrogens with one attached hydrogen (secondary N) is 1. The van der Waals surface area contributed by atoms with E-state index in [0.717, 1.165) is 0 Å². The van der Waals surface area contributed by atoms with Crippen molar-refractivity contribution < 1.29 is 13.5 Å². The molecule has 1 rings (SSSR count). The van der Waals surface area contributed by atoms with E-state index >= 15 is 0 Å². The molecule has 0 aliphatic heterocycles. The van der Waals surface area contributed by atoms with Gasteiger partial charge in [0.2, 0.25) is 10.0 Å². The lowest BCUT2D eigenvalue weighted by Gasteiger charge is -2.13. The molecule has 4 nitrogen and oxygen atoms in total. The van der Waals surface area contributed by atoms with Gasteiger partial charge in [-0.2, -0.15) is 0 Å². The molecule has 0 bridgehead atoms. The van der Waals surface area contributed by atoms with Gasteiger partial charge < -0.3 is 5.11 Å². The Labute approximate surface area is 93.9 Å². The molecule has 0 radical (unpaired) electrons. The monoisotopic (exact) mass is 249 g/mol. The third-order valence-corrected chi connectivity index (χ3v) is 3.73. The zero-order chi connectivity index (χ0) is 11.5. The Morgan fingerprint density at radius 2 is 2.20 bits per heavy atom. The number of phenols is 1. The Hall–Kier alpha value is -0.780. The maximum atomic E-state index is 11.2. The zero-order valence-corrected chi connectivity index (χ0v) is 9.72. The minimum atomic E-state index is -3.45. The van der Waals surface area contributed by atoms with Crippen molar-refractivity contribution >= 4 is 21.6 Å². The molecule has 84 valence electrons. The van der Waals surface area contributed by atoms with E-state index in [4.69, 9.17) is 11.6 Å². The van der Waals surface area contributed by atoms with Crippen molar-refractivity contribution in [3.05, 3.63) is 29.8 Å². The van der Waals surface area contributed by atoms with Crippen molar-refractivity contribution in [2.24, 2.45) is 0 Å². The summed E-state index contributed by atoms with van der Waals surface area (Å²) in [6, 6.07) is 5.98. The van der Waals surface area contributed by atoms with Crippen molar-refractivity contribution in [2.75, 3.05) is 5.21 Å². The van der Waals surface area contributed by atoms with Crippen LogP contribution in [0.25, 0.3) is 0 Å². The van der Waals surface area contributed by atoms with Crippen molar-refractivity contribution in [2.45, 2.75) is 13.0 Å². The summed E-state index contributed by atoms with van der Waals surface area (Å²) >= 11 is 5.26. The summed E-state index contributed by atoms with van der Waals surface area (Å²) in [5.41, 5.74) is 0.684. The van der Waals surface area contributed by atoms with E-state index in [0.29, 0.717) is 5.56 Å². The zero-order valence-electron chi connectivity index (χ0n) is 8.14. The van der Waals surface area contributed by atoms with Gasteiger partial charge in [-0.15, -0.1) is 11.6 Å². The van der Waals surface area contributed by atoms with Crippen molar-refractivity contribution in [3.63, 3.8) is 0 Å².